The Labute approximate surface area is 133 Å². The number of piperazine rings is 1. The highest BCUT2D eigenvalue weighted by atomic mass is 16.6. The number of nitrogens with zero attached hydrogens (tertiary/aromatic N) is 2. The highest BCUT2D eigenvalue weighted by Crippen LogP contribution is 2.14. The molecule has 1 atom stereocenters. The van der Waals surface area contributed by atoms with Crippen LogP contribution in [-0.4, -0.2) is 72.7 Å². The lowest BCUT2D eigenvalue weighted by Gasteiger charge is -2.41. The molecule has 0 aromatic carbocycles. The number of carbonyl (C=O) groups excluding carboxylic acids is 2. The van der Waals surface area contributed by atoms with Crippen molar-refractivity contribution in [1.29, 1.82) is 0 Å². The molecule has 128 valence electrons. The fourth-order valence-corrected chi connectivity index (χ4v) is 2.43. The first-order chi connectivity index (χ1) is 10.3. The van der Waals surface area contributed by atoms with Crippen molar-refractivity contribution in [2.45, 2.75) is 45.8 Å². The summed E-state index contributed by atoms with van der Waals surface area (Å²) in [6.07, 6.45) is 0.158. The van der Waals surface area contributed by atoms with Crippen LogP contribution in [0.15, 0.2) is 0 Å². The zero-order valence-electron chi connectivity index (χ0n) is 14.2. The van der Waals surface area contributed by atoms with Gasteiger partial charge in [-0.2, -0.15) is 0 Å². The minimum Gasteiger partial charge on any atom is -0.444 e. The minimum absolute atomic E-state index is 0.0489. The molecule has 0 radical (unpaired) electrons. The molecular formula is C15H30N4O3. The monoisotopic (exact) mass is 314 g/mol. The Morgan fingerprint density at radius 3 is 2.55 bits per heavy atom. The van der Waals surface area contributed by atoms with Gasteiger partial charge in [0, 0.05) is 51.7 Å². The summed E-state index contributed by atoms with van der Waals surface area (Å²) in [4.78, 5) is 27.5. The van der Waals surface area contributed by atoms with Gasteiger partial charge >= 0.3 is 6.09 Å². The van der Waals surface area contributed by atoms with Gasteiger partial charge in [-0.15, -0.1) is 0 Å². The van der Waals surface area contributed by atoms with E-state index >= 15 is 0 Å². The number of carbonyl (C=O) groups is 2. The van der Waals surface area contributed by atoms with Crippen LogP contribution < -0.4 is 11.1 Å². The Morgan fingerprint density at radius 2 is 2.00 bits per heavy atom. The second kappa shape index (κ2) is 8.33. The topological polar surface area (TPSA) is 87.9 Å². The van der Waals surface area contributed by atoms with Gasteiger partial charge in [0.2, 0.25) is 5.91 Å². The molecule has 1 aliphatic heterocycles. The highest BCUT2D eigenvalue weighted by molar-refractivity contribution is 5.76. The van der Waals surface area contributed by atoms with Crippen LogP contribution in [0.1, 0.15) is 34.1 Å². The van der Waals surface area contributed by atoms with Gasteiger partial charge in [0.05, 0.1) is 0 Å². The van der Waals surface area contributed by atoms with Crippen LogP contribution in [-0.2, 0) is 9.53 Å². The van der Waals surface area contributed by atoms with E-state index in [1.165, 1.54) is 0 Å². The Balaban J connectivity index is 2.49. The maximum atomic E-state index is 12.1. The molecular weight excluding hydrogens is 284 g/mol. The van der Waals surface area contributed by atoms with Crippen LogP contribution in [0.3, 0.4) is 0 Å². The smallest absolute Gasteiger partial charge is 0.410 e. The van der Waals surface area contributed by atoms with Crippen LogP contribution in [0.4, 0.5) is 4.79 Å². The maximum Gasteiger partial charge on any atom is 0.410 e. The standard InChI is InChI=1S/C15H30N4O3/c1-5-17-13(20)6-7-18-8-9-19(11-12(18)10-16)14(21)22-15(2,3)4/h12H,5-11,16H2,1-4H3,(H,17,20). The Morgan fingerprint density at radius 1 is 1.32 bits per heavy atom. The predicted molar refractivity (Wildman–Crippen MR) is 85.5 cm³/mol. The molecule has 22 heavy (non-hydrogen) atoms. The van der Waals surface area contributed by atoms with Gasteiger partial charge in [0.25, 0.3) is 0 Å². The number of hydrogen-bond donors (Lipinski definition) is 2. The molecule has 7 heteroatoms. The summed E-state index contributed by atoms with van der Waals surface area (Å²) in [6.45, 7) is 11.1. The normalized spacial score (nSPS) is 19.9. The van der Waals surface area contributed by atoms with E-state index in [-0.39, 0.29) is 18.0 Å². The van der Waals surface area contributed by atoms with Crippen molar-refractivity contribution in [3.05, 3.63) is 0 Å². The third-order valence-corrected chi connectivity index (χ3v) is 3.53. The summed E-state index contributed by atoms with van der Waals surface area (Å²) in [5.41, 5.74) is 5.33. The maximum absolute atomic E-state index is 12.1. The van der Waals surface area contributed by atoms with Crippen molar-refractivity contribution in [3.8, 4) is 0 Å². The largest absolute Gasteiger partial charge is 0.444 e. The van der Waals surface area contributed by atoms with Crippen LogP contribution in [0.25, 0.3) is 0 Å². The second-order valence-electron chi connectivity index (χ2n) is 6.56. The Kier molecular flexibility index (Phi) is 7.09. The SMILES string of the molecule is CCNC(=O)CCN1CCN(C(=O)OC(C)(C)C)CC1CN. The quantitative estimate of drug-likeness (QED) is 0.766. The Hall–Kier alpha value is -1.34. The van der Waals surface area contributed by atoms with Crippen molar-refractivity contribution in [2.24, 2.45) is 5.73 Å². The average molecular weight is 314 g/mol. The summed E-state index contributed by atoms with van der Waals surface area (Å²) in [6, 6.07) is 0.0655. The Bertz CT molecular complexity index is 381. The molecule has 1 saturated heterocycles. The predicted octanol–water partition coefficient (Wildman–Crippen LogP) is 0.393. The second-order valence-corrected chi connectivity index (χ2v) is 6.56. The van der Waals surface area contributed by atoms with Crippen molar-refractivity contribution >= 4 is 12.0 Å². The van der Waals surface area contributed by atoms with Crippen molar-refractivity contribution < 1.29 is 14.3 Å². The first-order valence-electron chi connectivity index (χ1n) is 7.95. The van der Waals surface area contributed by atoms with Crippen molar-refractivity contribution in [1.82, 2.24) is 15.1 Å². The molecule has 0 spiro atoms. The van der Waals surface area contributed by atoms with E-state index in [9.17, 15) is 9.59 Å². The van der Waals surface area contributed by atoms with Crippen LogP contribution in [0.2, 0.25) is 0 Å². The third kappa shape index (κ3) is 6.19. The lowest BCUT2D eigenvalue weighted by molar-refractivity contribution is -0.121. The van der Waals surface area contributed by atoms with E-state index < -0.39 is 5.60 Å². The molecule has 7 nitrogen and oxygen atoms in total. The van der Waals surface area contributed by atoms with Crippen molar-refractivity contribution in [3.63, 3.8) is 0 Å². The highest BCUT2D eigenvalue weighted by Gasteiger charge is 2.31. The summed E-state index contributed by atoms with van der Waals surface area (Å²) in [5.74, 6) is 0.0489. The molecule has 0 aromatic rings. The molecule has 1 heterocycles. The van der Waals surface area contributed by atoms with Gasteiger partial charge in [-0.3, -0.25) is 9.69 Å². The molecule has 0 bridgehead atoms. The lowest BCUT2D eigenvalue weighted by Crippen LogP contribution is -2.58. The van der Waals surface area contributed by atoms with E-state index in [1.54, 1.807) is 4.90 Å². The first kappa shape index (κ1) is 18.7. The summed E-state index contributed by atoms with van der Waals surface area (Å²) in [5, 5.41) is 2.79. The fraction of sp³-hybridized carbons (Fsp3) is 0.867. The van der Waals surface area contributed by atoms with Gasteiger partial charge in [0.1, 0.15) is 5.60 Å². The number of ether oxygens (including phenoxy) is 1. The molecule has 2 amide bonds. The summed E-state index contributed by atoms with van der Waals surface area (Å²) < 4.78 is 5.40. The number of hydrogen-bond acceptors (Lipinski definition) is 5. The van der Waals surface area contributed by atoms with Gasteiger partial charge in [-0.25, -0.2) is 4.79 Å². The summed E-state index contributed by atoms with van der Waals surface area (Å²) in [7, 11) is 0. The number of rotatable bonds is 5. The van der Waals surface area contributed by atoms with Crippen molar-refractivity contribution in [2.75, 3.05) is 39.3 Å². The molecule has 0 aliphatic carbocycles. The number of nitrogens with two attached hydrogens (primary N) is 1. The first-order valence-corrected chi connectivity index (χ1v) is 7.95. The van der Waals surface area contributed by atoms with Gasteiger partial charge < -0.3 is 20.7 Å². The van der Waals surface area contributed by atoms with Crippen LogP contribution >= 0.6 is 0 Å². The molecule has 1 rings (SSSR count). The van der Waals surface area contributed by atoms with Gasteiger partial charge in [0.15, 0.2) is 0 Å². The van der Waals surface area contributed by atoms with E-state index in [0.717, 1.165) is 0 Å². The van der Waals surface area contributed by atoms with Crippen LogP contribution in [0, 0.1) is 0 Å². The third-order valence-electron chi connectivity index (χ3n) is 3.53. The zero-order valence-corrected chi connectivity index (χ0v) is 14.2. The molecule has 1 unspecified atom stereocenters. The van der Waals surface area contributed by atoms with Gasteiger partial charge in [-0.1, -0.05) is 0 Å². The molecule has 0 aromatic heterocycles. The molecule has 3 N–H and O–H groups in total. The van der Waals surface area contributed by atoms with E-state index in [2.05, 4.69) is 10.2 Å². The number of amides is 2. The molecule has 0 saturated carbocycles. The summed E-state index contributed by atoms with van der Waals surface area (Å²) >= 11 is 0. The lowest BCUT2D eigenvalue weighted by atomic mass is 10.1. The minimum atomic E-state index is -0.495. The fourth-order valence-electron chi connectivity index (χ4n) is 2.43. The van der Waals surface area contributed by atoms with E-state index in [1.807, 2.05) is 27.7 Å². The average Bonchev–Trinajstić information content (AvgIpc) is 2.43. The van der Waals surface area contributed by atoms with Gasteiger partial charge in [-0.05, 0) is 27.7 Å². The van der Waals surface area contributed by atoms with E-state index in [4.69, 9.17) is 10.5 Å². The van der Waals surface area contributed by atoms with Crippen LogP contribution in [0.5, 0.6) is 0 Å². The van der Waals surface area contributed by atoms with E-state index in [0.29, 0.717) is 45.7 Å². The molecule has 1 fully saturated rings. The molecule has 1 aliphatic rings. The number of nitrogens with one attached hydrogen (secondary N) is 1. The zero-order chi connectivity index (χ0) is 16.8.